The number of hydrogen-bond donors (Lipinski definition) is 2. The quantitative estimate of drug-likeness (QED) is 0.814. The van der Waals surface area contributed by atoms with Crippen LogP contribution in [0.15, 0.2) is 32.9 Å². The molecule has 1 aromatic heterocycles. The number of anilines is 1. The van der Waals surface area contributed by atoms with Crippen molar-refractivity contribution < 1.29 is 17.2 Å². The third-order valence-electron chi connectivity index (χ3n) is 2.46. The highest BCUT2D eigenvalue weighted by Gasteiger charge is 2.21. The van der Waals surface area contributed by atoms with Gasteiger partial charge in [0.1, 0.15) is 16.5 Å². The molecule has 0 aliphatic carbocycles. The van der Waals surface area contributed by atoms with Crippen molar-refractivity contribution in [2.75, 3.05) is 11.8 Å². The molecule has 1 aromatic carbocycles. The van der Waals surface area contributed by atoms with Gasteiger partial charge in [-0.15, -0.1) is 11.3 Å². The molecule has 0 spiro atoms. The lowest BCUT2D eigenvalue weighted by Gasteiger charge is -2.07. The first-order valence-corrected chi connectivity index (χ1v) is 8.83. The number of halogens is 3. The Balaban J connectivity index is 2.33. The van der Waals surface area contributed by atoms with Gasteiger partial charge in [0, 0.05) is 17.5 Å². The summed E-state index contributed by atoms with van der Waals surface area (Å²) in [6.07, 6.45) is 0. The molecule has 0 aliphatic heterocycles. The molecule has 114 valence electrons. The van der Waals surface area contributed by atoms with Gasteiger partial charge in [-0.2, -0.15) is 0 Å². The predicted molar refractivity (Wildman–Crippen MR) is 81.9 cm³/mol. The first-order chi connectivity index (χ1) is 9.81. The minimum Gasteiger partial charge on any atom is -0.315 e. The van der Waals surface area contributed by atoms with Gasteiger partial charge in [0.2, 0.25) is 0 Å². The highest BCUT2D eigenvalue weighted by atomic mass is 79.9. The first-order valence-electron chi connectivity index (χ1n) is 5.73. The maximum Gasteiger partial charge on any atom is 0.263 e. The van der Waals surface area contributed by atoms with Crippen molar-refractivity contribution in [2.24, 2.45) is 0 Å². The smallest absolute Gasteiger partial charge is 0.263 e. The number of sulfonamides is 1. The topological polar surface area (TPSA) is 58.2 Å². The molecule has 0 saturated carbocycles. The van der Waals surface area contributed by atoms with Crippen LogP contribution >= 0.6 is 27.3 Å². The van der Waals surface area contributed by atoms with E-state index in [0.29, 0.717) is 16.4 Å². The predicted octanol–water partition coefficient (Wildman–Crippen LogP) is 3.31. The number of benzene rings is 1. The minimum atomic E-state index is -3.92. The van der Waals surface area contributed by atoms with Crippen LogP contribution in [0.5, 0.6) is 0 Å². The molecule has 0 fully saturated rings. The van der Waals surface area contributed by atoms with Crippen LogP contribution in [0.2, 0.25) is 0 Å². The second-order valence-electron chi connectivity index (χ2n) is 4.14. The van der Waals surface area contributed by atoms with Gasteiger partial charge in [0.15, 0.2) is 0 Å². The highest BCUT2D eigenvalue weighted by Crippen LogP contribution is 2.32. The molecule has 4 nitrogen and oxygen atoms in total. The summed E-state index contributed by atoms with van der Waals surface area (Å²) in [5.74, 6) is -1.71. The lowest BCUT2D eigenvalue weighted by molar-refractivity contribution is 0.584. The molecule has 1 heterocycles. The molecule has 0 saturated heterocycles. The van der Waals surface area contributed by atoms with Crippen LogP contribution < -0.4 is 10.0 Å². The van der Waals surface area contributed by atoms with Gasteiger partial charge < -0.3 is 5.32 Å². The van der Waals surface area contributed by atoms with Crippen LogP contribution in [-0.2, 0) is 16.6 Å². The van der Waals surface area contributed by atoms with Crippen molar-refractivity contribution in [3.05, 3.63) is 44.6 Å². The Bertz CT molecular complexity index is 742. The summed E-state index contributed by atoms with van der Waals surface area (Å²) in [6.45, 7) is 0.521. The van der Waals surface area contributed by atoms with Gasteiger partial charge in [-0.1, -0.05) is 0 Å². The molecule has 9 heteroatoms. The molecular formula is C12H11BrF2N2O2S2. The fraction of sp³-hybridized carbons (Fsp3) is 0.167. The van der Waals surface area contributed by atoms with Gasteiger partial charge >= 0.3 is 0 Å². The van der Waals surface area contributed by atoms with Gasteiger partial charge in [0.25, 0.3) is 10.0 Å². The van der Waals surface area contributed by atoms with Crippen molar-refractivity contribution in [3.8, 4) is 0 Å². The Morgan fingerprint density at radius 1 is 1.19 bits per heavy atom. The average Bonchev–Trinajstić information content (AvgIpc) is 2.69. The van der Waals surface area contributed by atoms with Crippen molar-refractivity contribution in [3.63, 3.8) is 0 Å². The SMILES string of the molecule is CNCc1cc(S(=O)(=O)Nc2cc(F)cc(F)c2)c(Br)s1. The summed E-state index contributed by atoms with van der Waals surface area (Å²) < 4.78 is 53.3. The van der Waals surface area contributed by atoms with E-state index < -0.39 is 21.7 Å². The average molecular weight is 397 g/mol. The molecule has 0 radical (unpaired) electrons. The van der Waals surface area contributed by atoms with Gasteiger partial charge in [-0.3, -0.25) is 4.72 Å². The molecule has 2 N–H and O–H groups in total. The summed E-state index contributed by atoms with van der Waals surface area (Å²) in [7, 11) is -2.18. The van der Waals surface area contributed by atoms with E-state index in [2.05, 4.69) is 26.0 Å². The number of hydrogen-bond acceptors (Lipinski definition) is 4. The molecule has 2 rings (SSSR count). The summed E-state index contributed by atoms with van der Waals surface area (Å²) in [6, 6.07) is 4.00. The third kappa shape index (κ3) is 4.00. The van der Waals surface area contributed by atoms with Crippen LogP contribution in [0, 0.1) is 11.6 Å². The fourth-order valence-electron chi connectivity index (χ4n) is 1.67. The molecule has 0 bridgehead atoms. The van der Waals surface area contributed by atoms with Crippen LogP contribution in [-0.4, -0.2) is 15.5 Å². The maximum absolute atomic E-state index is 13.1. The number of rotatable bonds is 5. The third-order valence-corrected chi connectivity index (χ3v) is 6.10. The second kappa shape index (κ2) is 6.39. The van der Waals surface area contributed by atoms with E-state index in [1.54, 1.807) is 7.05 Å². The number of thiophene rings is 1. The lowest BCUT2D eigenvalue weighted by Crippen LogP contribution is -2.13. The van der Waals surface area contributed by atoms with Crippen LogP contribution in [0.3, 0.4) is 0 Å². The summed E-state index contributed by atoms with van der Waals surface area (Å²) in [5, 5.41) is 2.92. The first kappa shape index (κ1) is 16.3. The summed E-state index contributed by atoms with van der Waals surface area (Å²) in [4.78, 5) is 0.845. The summed E-state index contributed by atoms with van der Waals surface area (Å²) >= 11 is 4.46. The minimum absolute atomic E-state index is 0.0300. The maximum atomic E-state index is 13.1. The van der Waals surface area contributed by atoms with E-state index in [0.717, 1.165) is 17.0 Å². The van der Waals surface area contributed by atoms with E-state index >= 15 is 0 Å². The second-order valence-corrected chi connectivity index (χ2v) is 8.25. The fourth-order valence-corrected chi connectivity index (χ4v) is 5.40. The zero-order valence-electron chi connectivity index (χ0n) is 10.8. The normalized spacial score (nSPS) is 11.6. The lowest BCUT2D eigenvalue weighted by atomic mass is 10.3. The van der Waals surface area contributed by atoms with Crippen molar-refractivity contribution in [1.29, 1.82) is 0 Å². The van der Waals surface area contributed by atoms with E-state index in [-0.39, 0.29) is 10.6 Å². The molecule has 0 amide bonds. The number of nitrogens with one attached hydrogen (secondary N) is 2. The molecule has 0 unspecified atom stereocenters. The Morgan fingerprint density at radius 3 is 2.38 bits per heavy atom. The van der Waals surface area contributed by atoms with Gasteiger partial charge in [0.05, 0.1) is 9.47 Å². The van der Waals surface area contributed by atoms with Gasteiger partial charge in [-0.25, -0.2) is 17.2 Å². The Hall–Kier alpha value is -1.03. The monoisotopic (exact) mass is 396 g/mol. The van der Waals surface area contributed by atoms with Crippen LogP contribution in [0.25, 0.3) is 0 Å². The van der Waals surface area contributed by atoms with E-state index in [1.807, 2.05) is 0 Å². The Kier molecular flexibility index (Phi) is 4.97. The van der Waals surface area contributed by atoms with Crippen molar-refractivity contribution in [2.45, 2.75) is 11.4 Å². The zero-order chi connectivity index (χ0) is 15.6. The zero-order valence-corrected chi connectivity index (χ0v) is 14.0. The highest BCUT2D eigenvalue weighted by molar-refractivity contribution is 9.11. The molecule has 2 aromatic rings. The molecule has 21 heavy (non-hydrogen) atoms. The largest absolute Gasteiger partial charge is 0.315 e. The standard InChI is InChI=1S/C12H11BrF2N2O2S2/c1-16-6-10-5-11(12(13)20-10)21(18,19)17-9-3-7(14)2-8(15)4-9/h2-5,16-17H,6H2,1H3. The Morgan fingerprint density at radius 2 is 1.81 bits per heavy atom. The van der Waals surface area contributed by atoms with E-state index in [1.165, 1.54) is 17.4 Å². The van der Waals surface area contributed by atoms with Crippen LogP contribution in [0.4, 0.5) is 14.5 Å². The van der Waals surface area contributed by atoms with Gasteiger partial charge in [-0.05, 0) is 41.2 Å². The van der Waals surface area contributed by atoms with E-state index in [4.69, 9.17) is 0 Å². The molecule has 0 aliphatic rings. The van der Waals surface area contributed by atoms with Crippen molar-refractivity contribution in [1.82, 2.24) is 5.32 Å². The van der Waals surface area contributed by atoms with Crippen LogP contribution in [0.1, 0.15) is 4.88 Å². The Labute approximate surface area is 133 Å². The van der Waals surface area contributed by atoms with E-state index in [9.17, 15) is 17.2 Å². The summed E-state index contributed by atoms with van der Waals surface area (Å²) in [5.41, 5.74) is -0.166. The molecular weight excluding hydrogens is 386 g/mol. The van der Waals surface area contributed by atoms with Crippen molar-refractivity contribution >= 4 is 43.0 Å². The molecule has 0 atom stereocenters.